The molecule has 3 aromatic rings. The van der Waals surface area contributed by atoms with E-state index in [1.165, 1.54) is 36.4 Å². The second kappa shape index (κ2) is 11.5. The van der Waals surface area contributed by atoms with Crippen molar-refractivity contribution in [1.82, 2.24) is 0 Å². The molecular weight excluding hydrogens is 600 g/mol. The predicted octanol–water partition coefficient (Wildman–Crippen LogP) is 6.23. The molecule has 0 saturated heterocycles. The van der Waals surface area contributed by atoms with Gasteiger partial charge in [0.25, 0.3) is 5.91 Å². The highest BCUT2D eigenvalue weighted by Gasteiger charge is 2.20. The minimum atomic E-state index is -4.07. The Bertz CT molecular complexity index is 1410. The van der Waals surface area contributed by atoms with Crippen molar-refractivity contribution in [2.24, 2.45) is 0 Å². The van der Waals surface area contributed by atoms with Crippen LogP contribution < -0.4 is 14.2 Å². The number of anilines is 1. The van der Waals surface area contributed by atoms with Gasteiger partial charge in [0.1, 0.15) is 16.5 Å². The van der Waals surface area contributed by atoms with Gasteiger partial charge in [0.15, 0.2) is 11.5 Å². The molecule has 0 heterocycles. The largest absolute Gasteiger partial charge is 0.490 e. The fraction of sp³-hybridized carbons (Fsp3) is 0.120. The van der Waals surface area contributed by atoms with E-state index in [9.17, 15) is 18.5 Å². The zero-order chi connectivity index (χ0) is 25.6. The number of hydrogen-bond donors (Lipinski definition) is 1. The van der Waals surface area contributed by atoms with Crippen LogP contribution >= 0.6 is 31.9 Å². The first-order chi connectivity index (χ1) is 16.6. The average Bonchev–Trinajstić information content (AvgIpc) is 2.81. The lowest BCUT2D eigenvalue weighted by Gasteiger charge is -2.13. The monoisotopic (exact) mass is 618 g/mol. The van der Waals surface area contributed by atoms with Crippen LogP contribution in [0.5, 0.6) is 11.5 Å². The van der Waals surface area contributed by atoms with E-state index >= 15 is 0 Å². The van der Waals surface area contributed by atoms with Gasteiger partial charge in [-0.1, -0.05) is 24.3 Å². The summed E-state index contributed by atoms with van der Waals surface area (Å²) in [7, 11) is -4.07. The normalized spacial score (nSPS) is 11.5. The molecule has 7 nitrogen and oxygen atoms in total. The number of rotatable bonds is 8. The molecular formula is C25H20Br2N2O5S. The molecule has 0 fully saturated rings. The summed E-state index contributed by atoms with van der Waals surface area (Å²) < 4.78 is 37.4. The van der Waals surface area contributed by atoms with Crippen molar-refractivity contribution in [2.75, 3.05) is 11.9 Å². The molecule has 3 rings (SSSR count). The van der Waals surface area contributed by atoms with Crippen LogP contribution in [-0.4, -0.2) is 20.9 Å². The number of ether oxygens (including phenoxy) is 1. The molecule has 0 radical (unpaired) electrons. The van der Waals surface area contributed by atoms with Crippen LogP contribution in [-0.2, 0) is 14.9 Å². The SMILES string of the molecule is CCOc1cc(/C=C(\C#N)C(=O)Nc2c(Br)cc(C)cc2Br)ccc1OS(=O)(=O)c1ccccc1. The van der Waals surface area contributed by atoms with Crippen LogP contribution in [0, 0.1) is 18.3 Å². The summed E-state index contributed by atoms with van der Waals surface area (Å²) in [5.41, 5.74) is 1.77. The third kappa shape index (κ3) is 6.72. The number of amides is 1. The highest BCUT2D eigenvalue weighted by molar-refractivity contribution is 9.11. The van der Waals surface area contributed by atoms with Crippen LogP contribution in [0.4, 0.5) is 5.69 Å². The molecule has 0 spiro atoms. The Morgan fingerprint density at radius 1 is 1.06 bits per heavy atom. The van der Waals surface area contributed by atoms with E-state index in [1.54, 1.807) is 25.1 Å². The number of carbonyl (C=O) groups excluding carboxylic acids is 1. The van der Waals surface area contributed by atoms with Crippen molar-refractivity contribution >= 4 is 59.6 Å². The number of nitriles is 1. The van der Waals surface area contributed by atoms with E-state index in [-0.39, 0.29) is 28.6 Å². The van der Waals surface area contributed by atoms with E-state index < -0.39 is 16.0 Å². The Morgan fingerprint density at radius 2 is 1.71 bits per heavy atom. The molecule has 0 aliphatic heterocycles. The zero-order valence-corrected chi connectivity index (χ0v) is 22.7. The quantitative estimate of drug-likeness (QED) is 0.182. The van der Waals surface area contributed by atoms with Gasteiger partial charge in [-0.05, 0) is 99.3 Å². The van der Waals surface area contributed by atoms with Crippen molar-refractivity contribution in [3.8, 4) is 17.6 Å². The third-order valence-corrected chi connectivity index (χ3v) is 7.10. The molecule has 0 unspecified atom stereocenters. The molecule has 0 aliphatic rings. The van der Waals surface area contributed by atoms with Gasteiger partial charge in [0.2, 0.25) is 0 Å². The van der Waals surface area contributed by atoms with Crippen molar-refractivity contribution < 1.29 is 22.1 Å². The van der Waals surface area contributed by atoms with Crippen LogP contribution in [0.3, 0.4) is 0 Å². The van der Waals surface area contributed by atoms with E-state index in [2.05, 4.69) is 37.2 Å². The second-order valence-corrected chi connectivity index (χ2v) is 10.5. The summed E-state index contributed by atoms with van der Waals surface area (Å²) in [4.78, 5) is 12.8. The molecule has 1 amide bonds. The van der Waals surface area contributed by atoms with Crippen LogP contribution in [0.15, 0.2) is 80.1 Å². The van der Waals surface area contributed by atoms with Crippen LogP contribution in [0.25, 0.3) is 6.08 Å². The first-order valence-corrected chi connectivity index (χ1v) is 13.3. The Kier molecular flexibility index (Phi) is 8.72. The fourth-order valence-electron chi connectivity index (χ4n) is 3.02. The molecule has 0 saturated carbocycles. The molecule has 180 valence electrons. The lowest BCUT2D eigenvalue weighted by molar-refractivity contribution is -0.112. The van der Waals surface area contributed by atoms with Crippen LogP contribution in [0.2, 0.25) is 0 Å². The Balaban J connectivity index is 1.90. The summed E-state index contributed by atoms with van der Waals surface area (Å²) in [6.07, 6.45) is 1.38. The summed E-state index contributed by atoms with van der Waals surface area (Å²) in [5, 5.41) is 12.3. The lowest BCUT2D eigenvalue weighted by atomic mass is 10.1. The topological polar surface area (TPSA) is 105 Å². The number of hydrogen-bond acceptors (Lipinski definition) is 6. The highest BCUT2D eigenvalue weighted by Crippen LogP contribution is 2.34. The maximum Gasteiger partial charge on any atom is 0.339 e. The van der Waals surface area contributed by atoms with Crippen LogP contribution in [0.1, 0.15) is 18.1 Å². The van der Waals surface area contributed by atoms with E-state index in [0.29, 0.717) is 20.2 Å². The summed E-state index contributed by atoms with van der Waals surface area (Å²) in [6, 6.07) is 17.8. The molecule has 0 aromatic heterocycles. The maximum atomic E-state index is 12.8. The third-order valence-electron chi connectivity index (χ3n) is 4.60. The van der Waals surface area contributed by atoms with Crippen molar-refractivity contribution in [3.63, 3.8) is 0 Å². The summed E-state index contributed by atoms with van der Waals surface area (Å²) >= 11 is 6.83. The van der Waals surface area contributed by atoms with E-state index in [1.807, 2.05) is 25.1 Å². The number of aryl methyl sites for hydroxylation is 1. The lowest BCUT2D eigenvalue weighted by Crippen LogP contribution is -2.14. The van der Waals surface area contributed by atoms with Gasteiger partial charge in [-0.2, -0.15) is 13.7 Å². The second-order valence-electron chi connectivity index (χ2n) is 7.22. The molecule has 3 aromatic carbocycles. The number of nitrogens with one attached hydrogen (secondary N) is 1. The number of halogens is 2. The Labute approximate surface area is 220 Å². The smallest absolute Gasteiger partial charge is 0.339 e. The Morgan fingerprint density at radius 3 is 2.31 bits per heavy atom. The average molecular weight is 620 g/mol. The molecule has 10 heteroatoms. The number of benzene rings is 3. The molecule has 35 heavy (non-hydrogen) atoms. The van der Waals surface area contributed by atoms with Gasteiger partial charge in [-0.3, -0.25) is 4.79 Å². The van der Waals surface area contributed by atoms with Crippen molar-refractivity contribution in [2.45, 2.75) is 18.7 Å². The highest BCUT2D eigenvalue weighted by atomic mass is 79.9. The number of carbonyl (C=O) groups is 1. The molecule has 0 atom stereocenters. The van der Waals surface area contributed by atoms with Gasteiger partial charge in [0.05, 0.1) is 12.3 Å². The zero-order valence-electron chi connectivity index (χ0n) is 18.7. The fourth-order valence-corrected chi connectivity index (χ4v) is 5.59. The first kappa shape index (κ1) is 26.5. The molecule has 0 bridgehead atoms. The summed E-state index contributed by atoms with van der Waals surface area (Å²) in [5.74, 6) is -0.464. The maximum absolute atomic E-state index is 12.8. The van der Waals surface area contributed by atoms with Gasteiger partial charge in [-0.25, -0.2) is 0 Å². The molecule has 0 aliphatic carbocycles. The van der Waals surface area contributed by atoms with Gasteiger partial charge < -0.3 is 14.2 Å². The van der Waals surface area contributed by atoms with E-state index in [0.717, 1.165) is 5.56 Å². The number of nitrogens with zero attached hydrogens (tertiary/aromatic N) is 1. The van der Waals surface area contributed by atoms with Gasteiger partial charge >= 0.3 is 10.1 Å². The first-order valence-electron chi connectivity index (χ1n) is 10.3. The van der Waals surface area contributed by atoms with E-state index in [4.69, 9.17) is 8.92 Å². The van der Waals surface area contributed by atoms with Crippen molar-refractivity contribution in [1.29, 1.82) is 5.26 Å². The minimum Gasteiger partial charge on any atom is -0.490 e. The summed E-state index contributed by atoms with van der Waals surface area (Å²) in [6.45, 7) is 3.90. The van der Waals surface area contributed by atoms with Crippen molar-refractivity contribution in [3.05, 3.63) is 86.3 Å². The molecule has 1 N–H and O–H groups in total. The van der Waals surface area contributed by atoms with Gasteiger partial charge in [-0.15, -0.1) is 0 Å². The predicted molar refractivity (Wildman–Crippen MR) is 141 cm³/mol. The Hall–Kier alpha value is -3.13. The standard InChI is InChI=1S/C25H20Br2N2O5S/c1-3-33-23-14-17(9-10-22(23)34-35(31,32)19-7-5-4-6-8-19)13-18(15-28)25(30)29-24-20(26)11-16(2)12-21(24)27/h4-14H,3H2,1-2H3,(H,29,30)/b18-13+. The van der Waals surface area contributed by atoms with Gasteiger partial charge in [0, 0.05) is 8.95 Å². The minimum absolute atomic E-state index is 0.00304.